The van der Waals surface area contributed by atoms with Gasteiger partial charge in [0.15, 0.2) is 0 Å². The average molecular weight is 260 g/mol. The summed E-state index contributed by atoms with van der Waals surface area (Å²) in [5.41, 5.74) is 8.95. The summed E-state index contributed by atoms with van der Waals surface area (Å²) in [6.07, 6.45) is 1.29. The van der Waals surface area contributed by atoms with Crippen LogP contribution in [-0.4, -0.2) is 24.0 Å². The summed E-state index contributed by atoms with van der Waals surface area (Å²) >= 11 is 0. The number of piperidine rings is 1. The van der Waals surface area contributed by atoms with Gasteiger partial charge in [-0.15, -0.1) is 0 Å². The van der Waals surface area contributed by atoms with Gasteiger partial charge in [-0.3, -0.25) is 4.90 Å². The molecule has 1 aromatic carbocycles. The molecule has 1 aliphatic rings. The first-order chi connectivity index (χ1) is 8.99. The molecule has 2 nitrogen and oxygen atoms in total. The molecule has 1 saturated heterocycles. The van der Waals surface area contributed by atoms with Crippen LogP contribution in [0.25, 0.3) is 0 Å². The fourth-order valence-electron chi connectivity index (χ4n) is 3.16. The summed E-state index contributed by atoms with van der Waals surface area (Å²) in [6.45, 7) is 11.3. The number of aryl methyl sites for hydroxylation is 1. The molecule has 0 spiro atoms. The first-order valence-corrected chi connectivity index (χ1v) is 7.55. The Kier molecular flexibility index (Phi) is 4.64. The predicted octanol–water partition coefficient (Wildman–Crippen LogP) is 3.36. The van der Waals surface area contributed by atoms with E-state index >= 15 is 0 Å². The number of benzene rings is 1. The van der Waals surface area contributed by atoms with Crippen LogP contribution in [0.1, 0.15) is 44.4 Å². The molecule has 0 aliphatic carbocycles. The van der Waals surface area contributed by atoms with Crippen molar-refractivity contribution in [3.63, 3.8) is 0 Å². The smallest absolute Gasteiger partial charge is 0.0496 e. The molecule has 106 valence electrons. The molecule has 2 N–H and O–H groups in total. The van der Waals surface area contributed by atoms with E-state index in [4.69, 9.17) is 5.73 Å². The van der Waals surface area contributed by atoms with Crippen molar-refractivity contribution in [3.8, 4) is 0 Å². The maximum absolute atomic E-state index is 6.28. The Morgan fingerprint density at radius 3 is 2.32 bits per heavy atom. The van der Waals surface area contributed by atoms with Gasteiger partial charge in [-0.05, 0) is 44.2 Å². The van der Waals surface area contributed by atoms with E-state index in [0.29, 0.717) is 6.04 Å². The average Bonchev–Trinajstić information content (AvgIpc) is 2.36. The molecule has 1 aliphatic heterocycles. The van der Waals surface area contributed by atoms with Crippen molar-refractivity contribution in [2.75, 3.05) is 13.1 Å². The second-order valence-electron chi connectivity index (χ2n) is 6.45. The standard InChI is InChI=1S/C17H28N2/c1-12-5-7-16(8-6-12)17(15(4)18)19-10-9-13(2)14(3)11-19/h5-8,13-15,17H,9-11,18H2,1-4H3. The van der Waals surface area contributed by atoms with Crippen LogP contribution < -0.4 is 5.73 Å². The van der Waals surface area contributed by atoms with E-state index in [0.717, 1.165) is 11.8 Å². The monoisotopic (exact) mass is 260 g/mol. The van der Waals surface area contributed by atoms with Gasteiger partial charge in [0.25, 0.3) is 0 Å². The zero-order chi connectivity index (χ0) is 14.0. The molecule has 1 aromatic rings. The van der Waals surface area contributed by atoms with Crippen LogP contribution in [0, 0.1) is 18.8 Å². The lowest BCUT2D eigenvalue weighted by Gasteiger charge is -2.42. The first-order valence-electron chi connectivity index (χ1n) is 7.55. The Morgan fingerprint density at radius 2 is 1.79 bits per heavy atom. The molecule has 19 heavy (non-hydrogen) atoms. The predicted molar refractivity (Wildman–Crippen MR) is 82.1 cm³/mol. The van der Waals surface area contributed by atoms with Gasteiger partial charge in [-0.1, -0.05) is 43.7 Å². The minimum Gasteiger partial charge on any atom is -0.326 e. The van der Waals surface area contributed by atoms with E-state index in [1.807, 2.05) is 0 Å². The highest BCUT2D eigenvalue weighted by Crippen LogP contribution is 2.31. The highest BCUT2D eigenvalue weighted by molar-refractivity contribution is 5.25. The minimum absolute atomic E-state index is 0.170. The quantitative estimate of drug-likeness (QED) is 0.903. The summed E-state index contributed by atoms with van der Waals surface area (Å²) < 4.78 is 0. The van der Waals surface area contributed by atoms with Gasteiger partial charge in [-0.2, -0.15) is 0 Å². The molecule has 4 atom stereocenters. The summed E-state index contributed by atoms with van der Waals surface area (Å²) in [5.74, 6) is 1.60. The second kappa shape index (κ2) is 6.06. The molecule has 2 heteroatoms. The molecule has 0 saturated carbocycles. The lowest BCUT2D eigenvalue weighted by Crippen LogP contribution is -2.46. The van der Waals surface area contributed by atoms with Gasteiger partial charge in [-0.25, -0.2) is 0 Å². The summed E-state index contributed by atoms with van der Waals surface area (Å²) in [5, 5.41) is 0. The van der Waals surface area contributed by atoms with E-state index in [9.17, 15) is 0 Å². The van der Waals surface area contributed by atoms with Crippen LogP contribution >= 0.6 is 0 Å². The van der Waals surface area contributed by atoms with Crippen molar-refractivity contribution < 1.29 is 0 Å². The Hall–Kier alpha value is -0.860. The Morgan fingerprint density at radius 1 is 1.16 bits per heavy atom. The zero-order valence-electron chi connectivity index (χ0n) is 12.8. The molecule has 2 rings (SSSR count). The topological polar surface area (TPSA) is 29.3 Å². The molecule has 0 radical (unpaired) electrons. The summed E-state index contributed by atoms with van der Waals surface area (Å²) in [7, 11) is 0. The lowest BCUT2D eigenvalue weighted by atomic mass is 9.86. The van der Waals surface area contributed by atoms with Crippen molar-refractivity contribution >= 4 is 0 Å². The highest BCUT2D eigenvalue weighted by Gasteiger charge is 2.30. The third kappa shape index (κ3) is 3.37. The Labute approximate surface area is 118 Å². The van der Waals surface area contributed by atoms with Gasteiger partial charge < -0.3 is 5.73 Å². The fraction of sp³-hybridized carbons (Fsp3) is 0.647. The van der Waals surface area contributed by atoms with Gasteiger partial charge in [0.1, 0.15) is 0 Å². The molecule has 0 amide bonds. The number of hydrogen-bond donors (Lipinski definition) is 1. The number of rotatable bonds is 3. The summed E-state index contributed by atoms with van der Waals surface area (Å²) in [6, 6.07) is 9.40. The van der Waals surface area contributed by atoms with Crippen molar-refractivity contribution in [3.05, 3.63) is 35.4 Å². The molecular weight excluding hydrogens is 232 g/mol. The van der Waals surface area contributed by atoms with E-state index in [1.165, 1.54) is 30.6 Å². The maximum atomic E-state index is 6.28. The number of likely N-dealkylation sites (tertiary alicyclic amines) is 1. The zero-order valence-corrected chi connectivity index (χ0v) is 12.8. The molecule has 0 bridgehead atoms. The van der Waals surface area contributed by atoms with Crippen molar-refractivity contribution in [1.29, 1.82) is 0 Å². The second-order valence-corrected chi connectivity index (χ2v) is 6.45. The first kappa shape index (κ1) is 14.5. The molecule has 1 fully saturated rings. The Bertz CT molecular complexity index is 396. The van der Waals surface area contributed by atoms with Crippen molar-refractivity contribution in [1.82, 2.24) is 4.90 Å². The van der Waals surface area contributed by atoms with Crippen LogP contribution in [0.5, 0.6) is 0 Å². The van der Waals surface area contributed by atoms with Crippen LogP contribution in [-0.2, 0) is 0 Å². The van der Waals surface area contributed by atoms with Gasteiger partial charge in [0.2, 0.25) is 0 Å². The number of nitrogens with two attached hydrogens (primary N) is 1. The molecular formula is C17H28N2. The third-order valence-electron chi connectivity index (χ3n) is 4.68. The lowest BCUT2D eigenvalue weighted by molar-refractivity contribution is 0.0851. The van der Waals surface area contributed by atoms with Crippen molar-refractivity contribution in [2.45, 2.75) is 46.2 Å². The molecule has 4 unspecified atom stereocenters. The number of nitrogens with zero attached hydrogens (tertiary/aromatic N) is 1. The highest BCUT2D eigenvalue weighted by atomic mass is 15.2. The SMILES string of the molecule is Cc1ccc(C(C(C)N)N2CCC(C)C(C)C2)cc1. The third-order valence-corrected chi connectivity index (χ3v) is 4.68. The van der Waals surface area contributed by atoms with Gasteiger partial charge >= 0.3 is 0 Å². The normalized spacial score (nSPS) is 28.1. The van der Waals surface area contributed by atoms with E-state index < -0.39 is 0 Å². The summed E-state index contributed by atoms with van der Waals surface area (Å²) in [4.78, 5) is 2.58. The van der Waals surface area contributed by atoms with E-state index in [1.54, 1.807) is 0 Å². The van der Waals surface area contributed by atoms with Gasteiger partial charge in [0, 0.05) is 18.6 Å². The fourth-order valence-corrected chi connectivity index (χ4v) is 3.16. The maximum Gasteiger partial charge on any atom is 0.0496 e. The van der Waals surface area contributed by atoms with Crippen LogP contribution in [0.2, 0.25) is 0 Å². The van der Waals surface area contributed by atoms with Crippen LogP contribution in [0.3, 0.4) is 0 Å². The minimum atomic E-state index is 0.170. The van der Waals surface area contributed by atoms with Crippen molar-refractivity contribution in [2.24, 2.45) is 17.6 Å². The largest absolute Gasteiger partial charge is 0.326 e. The van der Waals surface area contributed by atoms with E-state index in [2.05, 4.69) is 56.9 Å². The van der Waals surface area contributed by atoms with Gasteiger partial charge in [0.05, 0.1) is 0 Å². The number of hydrogen-bond acceptors (Lipinski definition) is 2. The van der Waals surface area contributed by atoms with Crippen LogP contribution in [0.4, 0.5) is 0 Å². The van der Waals surface area contributed by atoms with Crippen LogP contribution in [0.15, 0.2) is 24.3 Å². The van der Waals surface area contributed by atoms with E-state index in [-0.39, 0.29) is 6.04 Å². The molecule has 0 aromatic heterocycles. The Balaban J connectivity index is 2.18. The molecule has 1 heterocycles.